The van der Waals surface area contributed by atoms with E-state index < -0.39 is 23.5 Å². The fraction of sp³-hybridized carbons (Fsp3) is 0.364. The molecule has 2 N–H and O–H groups in total. The topological polar surface area (TPSA) is 94.2 Å². The molecule has 1 atom stereocenters. The van der Waals surface area contributed by atoms with Gasteiger partial charge in [0.25, 0.3) is 5.91 Å². The van der Waals surface area contributed by atoms with Crippen molar-refractivity contribution < 1.29 is 24.2 Å². The van der Waals surface area contributed by atoms with E-state index in [1.165, 1.54) is 29.4 Å². The van der Waals surface area contributed by atoms with Gasteiger partial charge in [0.1, 0.15) is 5.75 Å². The minimum atomic E-state index is -0.788. The van der Waals surface area contributed by atoms with Gasteiger partial charge in [-0.1, -0.05) is 26.0 Å². The summed E-state index contributed by atoms with van der Waals surface area (Å²) in [5.41, 5.74) is 0.526. The summed E-state index contributed by atoms with van der Waals surface area (Å²) in [6.45, 7) is 7.14. The number of aliphatic hydroxyl groups excluding tert-OH is 1. The molecule has 0 saturated heterocycles. The normalized spacial score (nSPS) is 16.9. The van der Waals surface area contributed by atoms with Crippen LogP contribution in [0.4, 0.5) is 0 Å². The molecule has 0 saturated carbocycles. The van der Waals surface area contributed by atoms with E-state index in [0.29, 0.717) is 18.5 Å². The maximum absolute atomic E-state index is 13.0. The molecule has 2 aromatic rings. The zero-order valence-corrected chi connectivity index (χ0v) is 16.7. The standard InChI is InChI=1S/C22H26N2O5/c1-3-23(4-2)11-7-12-24-19(15-8-5-9-16(25)14-15)18(21(27)22(24)28)20(26)17-10-6-13-29-17/h5-6,8-10,13-14,19,25,27H,3-4,7,11-12H2,1-2H3. The van der Waals surface area contributed by atoms with Gasteiger partial charge in [-0.2, -0.15) is 0 Å². The lowest BCUT2D eigenvalue weighted by atomic mass is 9.95. The molecule has 0 fully saturated rings. The Kier molecular flexibility index (Phi) is 6.39. The fourth-order valence-corrected chi connectivity index (χ4v) is 3.70. The van der Waals surface area contributed by atoms with Crippen LogP contribution in [0.3, 0.4) is 0 Å². The molecule has 1 amide bonds. The highest BCUT2D eigenvalue weighted by Crippen LogP contribution is 2.39. The predicted molar refractivity (Wildman–Crippen MR) is 108 cm³/mol. The van der Waals surface area contributed by atoms with Crippen LogP contribution in [-0.2, 0) is 4.79 Å². The van der Waals surface area contributed by atoms with Crippen molar-refractivity contribution in [1.82, 2.24) is 9.80 Å². The maximum atomic E-state index is 13.0. The first-order valence-electron chi connectivity index (χ1n) is 9.81. The molecule has 2 heterocycles. The molecule has 0 spiro atoms. The lowest BCUT2D eigenvalue weighted by Crippen LogP contribution is -2.34. The predicted octanol–water partition coefficient (Wildman–Crippen LogP) is 3.30. The van der Waals surface area contributed by atoms with Crippen molar-refractivity contribution in [1.29, 1.82) is 0 Å². The lowest BCUT2D eigenvalue weighted by Gasteiger charge is -2.28. The maximum Gasteiger partial charge on any atom is 0.290 e. The summed E-state index contributed by atoms with van der Waals surface area (Å²) in [6.07, 6.45) is 2.06. The van der Waals surface area contributed by atoms with E-state index >= 15 is 0 Å². The Balaban J connectivity index is 1.94. The number of benzene rings is 1. The van der Waals surface area contributed by atoms with E-state index in [9.17, 15) is 19.8 Å². The van der Waals surface area contributed by atoms with Gasteiger partial charge in [0.2, 0.25) is 5.78 Å². The highest BCUT2D eigenvalue weighted by molar-refractivity contribution is 6.15. The number of aliphatic hydroxyl groups is 1. The molecule has 0 radical (unpaired) electrons. The number of hydrogen-bond donors (Lipinski definition) is 2. The van der Waals surface area contributed by atoms with Crippen molar-refractivity contribution in [2.24, 2.45) is 0 Å². The molecule has 1 aromatic carbocycles. The summed E-state index contributed by atoms with van der Waals surface area (Å²) in [4.78, 5) is 29.6. The number of hydrogen-bond acceptors (Lipinski definition) is 6. The number of aromatic hydroxyl groups is 1. The van der Waals surface area contributed by atoms with E-state index in [2.05, 4.69) is 18.7 Å². The van der Waals surface area contributed by atoms with Crippen LogP contribution in [0.5, 0.6) is 5.75 Å². The summed E-state index contributed by atoms with van der Waals surface area (Å²) in [5.74, 6) is -1.63. The monoisotopic (exact) mass is 398 g/mol. The molecule has 0 aliphatic carbocycles. The second kappa shape index (κ2) is 8.96. The summed E-state index contributed by atoms with van der Waals surface area (Å²) >= 11 is 0. The Labute approximate surface area is 169 Å². The second-order valence-corrected chi connectivity index (χ2v) is 6.95. The van der Waals surface area contributed by atoms with E-state index in [-0.39, 0.29) is 17.1 Å². The number of carbonyl (C=O) groups is 2. The van der Waals surface area contributed by atoms with Crippen LogP contribution in [0.1, 0.15) is 42.4 Å². The number of amides is 1. The molecule has 154 valence electrons. The van der Waals surface area contributed by atoms with Gasteiger partial charge in [-0.25, -0.2) is 0 Å². The summed E-state index contributed by atoms with van der Waals surface area (Å²) in [5, 5.41) is 20.5. The van der Waals surface area contributed by atoms with E-state index in [4.69, 9.17) is 4.42 Å². The minimum Gasteiger partial charge on any atom is -0.508 e. The van der Waals surface area contributed by atoms with Gasteiger partial charge < -0.3 is 24.4 Å². The first-order chi connectivity index (χ1) is 14.0. The first kappa shape index (κ1) is 20.7. The third kappa shape index (κ3) is 4.19. The van der Waals surface area contributed by atoms with Gasteiger partial charge in [0.15, 0.2) is 11.5 Å². The Morgan fingerprint density at radius 3 is 2.55 bits per heavy atom. The minimum absolute atomic E-state index is 0.0224. The SMILES string of the molecule is CCN(CC)CCCN1C(=O)C(O)=C(C(=O)c2ccco2)C1c1cccc(O)c1. The van der Waals surface area contributed by atoms with Crippen molar-refractivity contribution in [2.75, 3.05) is 26.2 Å². The van der Waals surface area contributed by atoms with Crippen LogP contribution in [-0.4, -0.2) is 57.9 Å². The molecule has 29 heavy (non-hydrogen) atoms. The van der Waals surface area contributed by atoms with Gasteiger partial charge in [-0.3, -0.25) is 9.59 Å². The molecule has 7 nitrogen and oxygen atoms in total. The number of Topliss-reactive ketones (excluding diaryl/α,β-unsaturated/α-hetero) is 1. The van der Waals surface area contributed by atoms with Crippen LogP contribution in [0.2, 0.25) is 0 Å². The molecule has 7 heteroatoms. The number of furan rings is 1. The zero-order chi connectivity index (χ0) is 21.0. The fourth-order valence-electron chi connectivity index (χ4n) is 3.70. The molecule has 1 aliphatic rings. The molecule has 1 aliphatic heterocycles. The third-order valence-electron chi connectivity index (χ3n) is 5.25. The number of phenols is 1. The number of nitrogens with zero attached hydrogens (tertiary/aromatic N) is 2. The summed E-state index contributed by atoms with van der Waals surface area (Å²) < 4.78 is 5.20. The van der Waals surface area contributed by atoms with Crippen molar-refractivity contribution in [3.05, 3.63) is 65.3 Å². The zero-order valence-electron chi connectivity index (χ0n) is 16.7. The molecule has 1 aromatic heterocycles. The van der Waals surface area contributed by atoms with Crippen LogP contribution in [0, 0.1) is 0 Å². The van der Waals surface area contributed by atoms with Gasteiger partial charge in [-0.15, -0.1) is 0 Å². The van der Waals surface area contributed by atoms with Crippen molar-refractivity contribution in [2.45, 2.75) is 26.3 Å². The molecular weight excluding hydrogens is 372 g/mol. The van der Waals surface area contributed by atoms with Crippen LogP contribution in [0.25, 0.3) is 0 Å². The van der Waals surface area contributed by atoms with E-state index in [1.807, 2.05) is 0 Å². The van der Waals surface area contributed by atoms with Gasteiger partial charge in [0.05, 0.1) is 17.9 Å². The summed E-state index contributed by atoms with van der Waals surface area (Å²) in [7, 11) is 0. The van der Waals surface area contributed by atoms with Crippen LogP contribution < -0.4 is 0 Å². The molecule has 1 unspecified atom stereocenters. The molecular formula is C22H26N2O5. The number of carbonyl (C=O) groups excluding carboxylic acids is 2. The highest BCUT2D eigenvalue weighted by Gasteiger charge is 2.44. The van der Waals surface area contributed by atoms with E-state index in [0.717, 1.165) is 19.6 Å². The van der Waals surface area contributed by atoms with Crippen molar-refractivity contribution >= 4 is 11.7 Å². The highest BCUT2D eigenvalue weighted by atomic mass is 16.3. The lowest BCUT2D eigenvalue weighted by molar-refractivity contribution is -0.129. The largest absolute Gasteiger partial charge is 0.508 e. The van der Waals surface area contributed by atoms with Gasteiger partial charge in [-0.05, 0) is 55.9 Å². The Hall–Kier alpha value is -3.06. The molecule has 0 bridgehead atoms. The quantitative estimate of drug-likeness (QED) is 0.630. The average molecular weight is 398 g/mol. The van der Waals surface area contributed by atoms with Crippen LogP contribution >= 0.6 is 0 Å². The summed E-state index contributed by atoms with van der Waals surface area (Å²) in [6, 6.07) is 8.68. The number of phenolic OH excluding ortho intramolecular Hbond substituents is 1. The number of ketones is 1. The van der Waals surface area contributed by atoms with Crippen molar-refractivity contribution in [3.8, 4) is 5.75 Å². The van der Waals surface area contributed by atoms with Crippen LogP contribution in [0.15, 0.2) is 58.4 Å². The third-order valence-corrected chi connectivity index (χ3v) is 5.25. The van der Waals surface area contributed by atoms with E-state index in [1.54, 1.807) is 18.2 Å². The Bertz CT molecular complexity index is 900. The Morgan fingerprint density at radius 2 is 1.93 bits per heavy atom. The smallest absolute Gasteiger partial charge is 0.290 e. The first-order valence-corrected chi connectivity index (χ1v) is 9.81. The second-order valence-electron chi connectivity index (χ2n) is 6.95. The van der Waals surface area contributed by atoms with Gasteiger partial charge in [0, 0.05) is 6.54 Å². The molecule has 3 rings (SSSR count). The number of rotatable bonds is 9. The van der Waals surface area contributed by atoms with Gasteiger partial charge >= 0.3 is 0 Å². The van der Waals surface area contributed by atoms with Crippen molar-refractivity contribution in [3.63, 3.8) is 0 Å². The Morgan fingerprint density at radius 1 is 1.17 bits per heavy atom. The average Bonchev–Trinajstić information content (AvgIpc) is 3.33.